The van der Waals surface area contributed by atoms with Crippen LogP contribution in [0, 0.1) is 12.8 Å². The molecular weight excluding hydrogens is 1230 g/mol. The van der Waals surface area contributed by atoms with Crippen molar-refractivity contribution in [2.75, 3.05) is 6.54 Å². The number of benzene rings is 2. The summed E-state index contributed by atoms with van der Waals surface area (Å²) in [5.41, 5.74) is 14.6. The molecule has 1 saturated heterocycles. The highest BCUT2D eigenvalue weighted by molar-refractivity contribution is 7.15. The summed E-state index contributed by atoms with van der Waals surface area (Å²) in [5, 5.41) is 53.5. The highest BCUT2D eigenvalue weighted by atomic mass is 32.1. The number of amides is 5. The molecule has 10 bridgehead atoms. The number of carbonyl (C=O) groups excluding carboxylic acids is 6. The van der Waals surface area contributed by atoms with Crippen LogP contribution in [-0.4, -0.2) is 125 Å². The van der Waals surface area contributed by atoms with Crippen molar-refractivity contribution in [2.45, 2.75) is 76.0 Å². The fourth-order valence-electron chi connectivity index (χ4n) is 10.0. The number of aromatic nitrogens is 11. The molecule has 10 aromatic rings. The molecule has 87 heavy (non-hydrogen) atoms. The lowest BCUT2D eigenvalue weighted by Gasteiger charge is -2.29. The Morgan fingerprint density at radius 3 is 2.15 bits per heavy atom. The van der Waals surface area contributed by atoms with Crippen LogP contribution >= 0.6 is 68.0 Å². The SMILES string of the molecule is Cc1sc2nc1C(=O)C[C@@H]([C@H](O)c1ccccc1)c1nc(cs1)C(=O)N[C@@H](Cc1ccc(OCc3nnn[nH]3)cc1)C(=O)N1C[C@H](O)[C@H](C)[C@H]1c1nc(cs1)-c1nc(cs1)-c1nc(-c3nc(C(N)=O)cs3)ccc1-c1nc(cs1)C(=O)N[C@H]2CC(N)=O. The smallest absolute Gasteiger partial charge is 0.271 e. The molecule has 1 fully saturated rings. The Labute approximate surface area is 517 Å². The number of pyridine rings is 1. The van der Waals surface area contributed by atoms with E-state index in [9.17, 15) is 34.2 Å². The summed E-state index contributed by atoms with van der Waals surface area (Å²) in [7, 11) is 0. The standard InChI is InChI=1S/C56H48N16O9S6/c1-24-40(74)17-72-45(24)55-66-38(23-86-55)53-62-34(19-84-53)44-29(12-13-31(59-44)52-63-35(20-85-52)47(58)77)50-64-36(21-82-50)48(78)60-32(16-41(57)75)54-67-43(25(2)87-54)39(73)15-30(46(76)27-6-4-3-5-7-27)51-65-37(22-83-51)49(79)61-33(56(72)80)14-26-8-10-28(11-9-26)81-18-42-68-70-71-69-42/h3-13,19-24,30,32-33,40,45-46,74,76H,14-18H2,1-2H3,(H2,57,75)(H2,58,77)(H,60,78)(H,61,79)(H,68,69,70,71)/t24-,30-,32-,33-,40-,45-,46+/m0/s1. The molecule has 9 N–H and O–H groups in total. The number of rotatable bonds is 11. The summed E-state index contributed by atoms with van der Waals surface area (Å²) in [4.78, 5) is 119. The third kappa shape index (κ3) is 12.5. The van der Waals surface area contributed by atoms with Gasteiger partial charge in [-0.3, -0.25) is 28.8 Å². The van der Waals surface area contributed by atoms with Gasteiger partial charge in [-0.25, -0.2) is 40.0 Å². The van der Waals surface area contributed by atoms with E-state index in [1.54, 1.807) is 84.4 Å². The van der Waals surface area contributed by atoms with E-state index in [4.69, 9.17) is 41.1 Å². The highest BCUT2D eigenvalue weighted by Gasteiger charge is 2.45. The first-order valence-electron chi connectivity index (χ1n) is 26.7. The number of aryl methyl sites for hydroxylation is 1. The maximum Gasteiger partial charge on any atom is 0.271 e. The summed E-state index contributed by atoms with van der Waals surface area (Å²) >= 11 is 7.02. The number of Topliss-reactive ketones (excluding diaryl/α,β-unsaturated/α-hetero) is 1. The van der Waals surface area contributed by atoms with Crippen LogP contribution < -0.4 is 26.8 Å². The molecule has 25 nitrogen and oxygen atoms in total. The van der Waals surface area contributed by atoms with Gasteiger partial charge in [0.25, 0.3) is 17.7 Å². The van der Waals surface area contributed by atoms with Gasteiger partial charge in [0.15, 0.2) is 11.6 Å². The lowest BCUT2D eigenvalue weighted by atomic mass is 9.90. The molecule has 2 aromatic carbocycles. The third-order valence-electron chi connectivity index (χ3n) is 14.5. The van der Waals surface area contributed by atoms with Crippen LogP contribution in [0.25, 0.3) is 43.4 Å². The number of fused-ring (bicyclic) bond motifs is 16. The van der Waals surface area contributed by atoms with Gasteiger partial charge in [0.05, 0.1) is 41.4 Å². The maximum absolute atomic E-state index is 15.3. The van der Waals surface area contributed by atoms with Crippen molar-refractivity contribution in [2.24, 2.45) is 17.4 Å². The van der Waals surface area contributed by atoms with E-state index in [0.717, 1.165) is 34.0 Å². The number of nitrogens with two attached hydrogens (primary N) is 2. The normalized spacial score (nSPS) is 19.5. The van der Waals surface area contributed by atoms with Gasteiger partial charge >= 0.3 is 0 Å². The van der Waals surface area contributed by atoms with Crippen LogP contribution in [0.5, 0.6) is 5.75 Å². The van der Waals surface area contributed by atoms with Crippen LogP contribution in [0.1, 0.15) is 123 Å². The minimum Gasteiger partial charge on any atom is -0.486 e. The van der Waals surface area contributed by atoms with Gasteiger partial charge < -0.3 is 42.0 Å². The van der Waals surface area contributed by atoms with E-state index in [0.29, 0.717) is 75.9 Å². The second-order valence-corrected chi connectivity index (χ2v) is 25.9. The number of hydrogen-bond donors (Lipinski definition) is 7. The van der Waals surface area contributed by atoms with Crippen LogP contribution in [0.2, 0.25) is 0 Å². The predicted molar refractivity (Wildman–Crippen MR) is 323 cm³/mol. The van der Waals surface area contributed by atoms with E-state index in [1.165, 1.54) is 49.7 Å². The summed E-state index contributed by atoms with van der Waals surface area (Å²) in [6, 6.07) is 16.0. The molecule has 442 valence electrons. The lowest BCUT2D eigenvalue weighted by molar-refractivity contribution is -0.134. The predicted octanol–water partition coefficient (Wildman–Crippen LogP) is 6.66. The number of ketones is 1. The number of aliphatic hydroxyl groups excluding tert-OH is 2. The number of ether oxygens (including phenoxy) is 1. The van der Waals surface area contributed by atoms with Crippen molar-refractivity contribution < 1.29 is 43.7 Å². The number of aromatic amines is 1. The molecule has 0 radical (unpaired) electrons. The van der Waals surface area contributed by atoms with Crippen LogP contribution in [0.15, 0.2) is 93.6 Å². The Bertz CT molecular complexity index is 4220. The molecule has 10 heterocycles. The molecule has 0 aliphatic carbocycles. The van der Waals surface area contributed by atoms with Gasteiger partial charge in [0, 0.05) is 68.6 Å². The number of nitrogens with zero attached hydrogens (tertiary/aromatic N) is 11. The largest absolute Gasteiger partial charge is 0.486 e. The lowest BCUT2D eigenvalue weighted by Crippen LogP contribution is -2.50. The van der Waals surface area contributed by atoms with Crippen molar-refractivity contribution in [1.29, 1.82) is 0 Å². The van der Waals surface area contributed by atoms with Gasteiger partial charge in [-0.15, -0.1) is 73.1 Å². The average Bonchev–Trinajstić information content (AvgIpc) is 2.40. The summed E-state index contributed by atoms with van der Waals surface area (Å²) in [6.07, 6.45) is -3.01. The molecule has 2 aliphatic heterocycles. The van der Waals surface area contributed by atoms with E-state index in [2.05, 4.69) is 41.2 Å². The Balaban J connectivity index is 0.947. The number of nitrogens with one attached hydrogen (secondary N) is 3. The zero-order valence-corrected chi connectivity index (χ0v) is 50.5. The zero-order valence-electron chi connectivity index (χ0n) is 45.6. The van der Waals surface area contributed by atoms with Crippen LogP contribution in [0.4, 0.5) is 0 Å². The molecule has 8 aromatic heterocycles. The summed E-state index contributed by atoms with van der Waals surface area (Å²) in [6.45, 7) is 3.49. The minimum atomic E-state index is -1.30. The van der Waals surface area contributed by atoms with E-state index >= 15 is 4.79 Å². The van der Waals surface area contributed by atoms with Gasteiger partial charge in [-0.2, -0.15) is 0 Å². The second-order valence-electron chi connectivity index (χ2n) is 20.3. The van der Waals surface area contributed by atoms with Crippen molar-refractivity contribution in [3.05, 3.63) is 153 Å². The molecule has 5 amide bonds. The minimum absolute atomic E-state index is 0.00875. The first-order chi connectivity index (χ1) is 42.0. The summed E-state index contributed by atoms with van der Waals surface area (Å²) < 4.78 is 5.86. The molecule has 0 saturated carbocycles. The van der Waals surface area contributed by atoms with E-state index in [1.807, 2.05) is 12.3 Å². The van der Waals surface area contributed by atoms with E-state index < -0.39 is 77.5 Å². The highest BCUT2D eigenvalue weighted by Crippen LogP contribution is 2.43. The number of tetrazole rings is 1. The van der Waals surface area contributed by atoms with Crippen LogP contribution in [0.3, 0.4) is 0 Å². The molecule has 0 unspecified atom stereocenters. The molecule has 31 heteroatoms. The topological polar surface area (TPSA) is 376 Å². The molecule has 12 rings (SSSR count). The molecule has 7 atom stereocenters. The third-order valence-corrected chi connectivity index (χ3v) is 20.1. The number of aliphatic hydroxyl groups is 2. The number of H-pyrrole nitrogens is 1. The Morgan fingerprint density at radius 2 is 1.40 bits per heavy atom. The van der Waals surface area contributed by atoms with Gasteiger partial charge in [0.2, 0.25) is 11.8 Å². The number of thiazole rings is 6. The number of primary amides is 2. The Morgan fingerprint density at radius 1 is 0.724 bits per heavy atom. The maximum atomic E-state index is 15.3. The second kappa shape index (κ2) is 24.9. The first kappa shape index (κ1) is 58.6. The Hall–Kier alpha value is -8.82. The number of hydrogen-bond acceptors (Lipinski definition) is 25. The van der Waals surface area contributed by atoms with E-state index in [-0.39, 0.29) is 65.2 Å². The fourth-order valence-corrected chi connectivity index (χ4v) is 15.4. The quantitative estimate of drug-likeness (QED) is 0.0711. The van der Waals surface area contributed by atoms with Gasteiger partial charge in [-0.05, 0) is 52.7 Å². The number of carbonyl (C=O) groups is 6. The fraction of sp³-hybridized carbons (Fsp3) is 0.250. The monoisotopic (exact) mass is 1280 g/mol. The van der Waals surface area contributed by atoms with Crippen molar-refractivity contribution in [1.82, 2.24) is 71.0 Å². The average molecular weight is 1280 g/mol. The van der Waals surface area contributed by atoms with Crippen molar-refractivity contribution in [3.8, 4) is 49.1 Å². The van der Waals surface area contributed by atoms with Crippen LogP contribution in [-0.2, 0) is 22.6 Å². The van der Waals surface area contributed by atoms with Gasteiger partial charge in [-0.1, -0.05) is 49.4 Å². The van der Waals surface area contributed by atoms with Gasteiger partial charge in [0.1, 0.15) is 83.3 Å². The summed E-state index contributed by atoms with van der Waals surface area (Å²) in [5.74, 6) is -4.49. The molecule has 0 spiro atoms. The van der Waals surface area contributed by atoms with Crippen molar-refractivity contribution >= 4 is 103 Å². The zero-order chi connectivity index (χ0) is 60.6. The Kier molecular flexibility index (Phi) is 16.7. The molecule has 2 aliphatic rings. The molecular formula is C56H48N16O9S6. The first-order valence-corrected chi connectivity index (χ1v) is 31.9. The van der Waals surface area contributed by atoms with Crippen molar-refractivity contribution in [3.63, 3.8) is 0 Å².